The normalized spacial score (nSPS) is 21.1. The van der Waals surface area contributed by atoms with E-state index in [0.717, 1.165) is 43.5 Å². The van der Waals surface area contributed by atoms with Crippen LogP contribution in [-0.4, -0.2) is 60.4 Å². The number of aryl methyl sites for hydroxylation is 1. The summed E-state index contributed by atoms with van der Waals surface area (Å²) in [5.41, 5.74) is 2.23. The minimum atomic E-state index is -0.143. The largest absolute Gasteiger partial charge is 0.391 e. The Morgan fingerprint density at radius 2 is 2.00 bits per heavy atom. The number of hydrogen-bond donors (Lipinski definition) is 2. The van der Waals surface area contributed by atoms with Crippen molar-refractivity contribution in [1.82, 2.24) is 4.90 Å². The van der Waals surface area contributed by atoms with Crippen LogP contribution in [0.25, 0.3) is 6.08 Å². The van der Waals surface area contributed by atoms with Crippen molar-refractivity contribution in [2.75, 3.05) is 39.3 Å². The van der Waals surface area contributed by atoms with Crippen LogP contribution in [0.5, 0.6) is 0 Å². The summed E-state index contributed by atoms with van der Waals surface area (Å²) in [7, 11) is 0. The molecule has 0 bridgehead atoms. The molecule has 1 fully saturated rings. The number of amides is 1. The second-order valence-electron chi connectivity index (χ2n) is 5.93. The molecule has 0 spiro atoms. The minimum Gasteiger partial charge on any atom is -0.391 e. The monoisotopic (exact) mass is 332 g/mol. The van der Waals surface area contributed by atoms with Gasteiger partial charge in [-0.1, -0.05) is 29.8 Å². The van der Waals surface area contributed by atoms with Gasteiger partial charge in [0.25, 0.3) is 5.91 Å². The molecule has 0 aromatic heterocycles. The van der Waals surface area contributed by atoms with Crippen LogP contribution in [0.15, 0.2) is 34.2 Å². The number of quaternary nitrogens is 1. The number of aliphatic hydroxyl groups is 1. The Labute approximate surface area is 140 Å². The van der Waals surface area contributed by atoms with Crippen LogP contribution in [0.4, 0.5) is 0 Å². The van der Waals surface area contributed by atoms with Gasteiger partial charge < -0.3 is 14.9 Å². The van der Waals surface area contributed by atoms with Crippen molar-refractivity contribution in [2.24, 2.45) is 4.99 Å². The van der Waals surface area contributed by atoms with Crippen molar-refractivity contribution >= 4 is 28.9 Å². The number of aliphatic hydroxyl groups excluding tert-OH is 1. The number of carbonyl (C=O) groups excluding carboxylic acids is 1. The first-order chi connectivity index (χ1) is 11.2. The van der Waals surface area contributed by atoms with Gasteiger partial charge in [0.1, 0.15) is 6.54 Å². The fraction of sp³-hybridized carbons (Fsp3) is 0.412. The quantitative estimate of drug-likeness (QED) is 0.774. The third-order valence-electron chi connectivity index (χ3n) is 4.19. The third-order valence-corrected chi connectivity index (χ3v) is 5.24. The van der Waals surface area contributed by atoms with Gasteiger partial charge in [-0.2, -0.15) is 4.99 Å². The molecule has 0 unspecified atom stereocenters. The van der Waals surface area contributed by atoms with Gasteiger partial charge in [0.15, 0.2) is 5.17 Å². The molecular weight excluding hydrogens is 310 g/mol. The Morgan fingerprint density at radius 1 is 1.30 bits per heavy atom. The minimum absolute atomic E-state index is 0.143. The van der Waals surface area contributed by atoms with Gasteiger partial charge in [-0.25, -0.2) is 0 Å². The fourth-order valence-electron chi connectivity index (χ4n) is 2.77. The molecule has 2 N–H and O–H groups in total. The van der Waals surface area contributed by atoms with Crippen LogP contribution in [-0.2, 0) is 4.79 Å². The summed E-state index contributed by atoms with van der Waals surface area (Å²) in [5, 5.41) is 9.82. The first-order valence-electron chi connectivity index (χ1n) is 7.94. The van der Waals surface area contributed by atoms with Crippen molar-refractivity contribution in [3.05, 3.63) is 40.3 Å². The smallest absolute Gasteiger partial charge is 0.286 e. The molecule has 1 amide bonds. The molecule has 0 saturated carbocycles. The second-order valence-corrected chi connectivity index (χ2v) is 6.94. The zero-order valence-electron chi connectivity index (χ0n) is 13.3. The molecule has 2 aliphatic heterocycles. The molecule has 1 aromatic rings. The Kier molecular flexibility index (Phi) is 5.15. The molecule has 0 aliphatic carbocycles. The molecule has 0 radical (unpaired) electrons. The van der Waals surface area contributed by atoms with Crippen LogP contribution in [0.3, 0.4) is 0 Å². The first kappa shape index (κ1) is 16.2. The highest BCUT2D eigenvalue weighted by Crippen LogP contribution is 2.30. The average molecular weight is 332 g/mol. The number of nitrogens with one attached hydrogen (secondary N) is 1. The van der Waals surface area contributed by atoms with E-state index in [1.807, 2.05) is 37.3 Å². The summed E-state index contributed by atoms with van der Waals surface area (Å²) in [6.45, 7) is 6.79. The molecule has 2 heterocycles. The van der Waals surface area contributed by atoms with E-state index in [1.54, 1.807) is 0 Å². The maximum Gasteiger partial charge on any atom is 0.286 e. The third kappa shape index (κ3) is 4.02. The number of hydrogen-bond acceptors (Lipinski definition) is 4. The Balaban J connectivity index is 1.63. The van der Waals surface area contributed by atoms with E-state index in [-0.39, 0.29) is 12.5 Å². The van der Waals surface area contributed by atoms with Crippen molar-refractivity contribution in [1.29, 1.82) is 0 Å². The maximum atomic E-state index is 12.1. The molecule has 5 nitrogen and oxygen atoms in total. The van der Waals surface area contributed by atoms with Gasteiger partial charge in [0.05, 0.1) is 37.7 Å². The van der Waals surface area contributed by atoms with Gasteiger partial charge in [0.2, 0.25) is 0 Å². The fourth-order valence-corrected chi connectivity index (χ4v) is 3.73. The molecule has 2 aliphatic rings. The van der Waals surface area contributed by atoms with Gasteiger partial charge >= 0.3 is 0 Å². The van der Waals surface area contributed by atoms with Gasteiger partial charge in [-0.05, 0) is 30.3 Å². The Hall–Kier alpha value is -1.63. The number of nitrogens with zero attached hydrogens (tertiary/aromatic N) is 2. The van der Waals surface area contributed by atoms with Gasteiger partial charge in [-0.3, -0.25) is 4.79 Å². The summed E-state index contributed by atoms with van der Waals surface area (Å²) in [4.78, 5) is 20.6. The maximum absolute atomic E-state index is 12.1. The number of thioether (sulfide) groups is 1. The highest BCUT2D eigenvalue weighted by molar-refractivity contribution is 8.18. The van der Waals surface area contributed by atoms with Crippen LogP contribution < -0.4 is 4.90 Å². The molecular formula is C17H22N3O2S+. The molecule has 3 rings (SSSR count). The van der Waals surface area contributed by atoms with Crippen molar-refractivity contribution in [2.45, 2.75) is 6.92 Å². The van der Waals surface area contributed by atoms with E-state index >= 15 is 0 Å². The van der Waals surface area contributed by atoms with Crippen LogP contribution in [0.2, 0.25) is 0 Å². The van der Waals surface area contributed by atoms with E-state index in [9.17, 15) is 4.79 Å². The Morgan fingerprint density at radius 3 is 2.65 bits per heavy atom. The molecule has 1 aromatic carbocycles. The standard InChI is InChI=1S/C17H21N3O2S/c1-13-2-4-14(5-3-13)12-15-16(22)18-17(23-15)20-8-6-19(7-9-20)10-11-21/h2-5,12,21H,6-11H2,1H3/p+1/b15-12+. The zero-order chi connectivity index (χ0) is 16.2. The molecule has 1 saturated heterocycles. The number of amidine groups is 1. The lowest BCUT2D eigenvalue weighted by molar-refractivity contribution is -0.904. The number of benzene rings is 1. The first-order valence-corrected chi connectivity index (χ1v) is 8.76. The lowest BCUT2D eigenvalue weighted by atomic mass is 10.1. The van der Waals surface area contributed by atoms with Gasteiger partial charge in [0, 0.05) is 0 Å². The summed E-state index contributed by atoms with van der Waals surface area (Å²) in [6.07, 6.45) is 1.91. The van der Waals surface area contributed by atoms with E-state index in [1.165, 1.54) is 22.2 Å². The Bertz CT molecular complexity index is 632. The lowest BCUT2D eigenvalue weighted by Gasteiger charge is -2.32. The predicted molar refractivity (Wildman–Crippen MR) is 93.4 cm³/mol. The van der Waals surface area contributed by atoms with E-state index < -0.39 is 0 Å². The van der Waals surface area contributed by atoms with E-state index in [4.69, 9.17) is 5.11 Å². The van der Waals surface area contributed by atoms with E-state index in [2.05, 4.69) is 9.89 Å². The van der Waals surface area contributed by atoms with Crippen molar-refractivity contribution in [3.8, 4) is 0 Å². The highest BCUT2D eigenvalue weighted by Gasteiger charge is 2.29. The average Bonchev–Trinajstić information content (AvgIpc) is 2.92. The van der Waals surface area contributed by atoms with E-state index in [0.29, 0.717) is 4.91 Å². The summed E-state index contributed by atoms with van der Waals surface area (Å²) in [6, 6.07) is 8.12. The zero-order valence-corrected chi connectivity index (χ0v) is 14.1. The van der Waals surface area contributed by atoms with Crippen LogP contribution in [0, 0.1) is 6.92 Å². The highest BCUT2D eigenvalue weighted by atomic mass is 32.2. The SMILES string of the molecule is Cc1ccc(/C=C2/SC(N3CC[NH+](CCO)CC3)=NC2=O)cc1. The summed E-state index contributed by atoms with van der Waals surface area (Å²) < 4.78 is 0. The topological polar surface area (TPSA) is 57.3 Å². The predicted octanol–water partition coefficient (Wildman–Crippen LogP) is 0.158. The summed E-state index contributed by atoms with van der Waals surface area (Å²) in [5.74, 6) is -0.143. The second kappa shape index (κ2) is 7.29. The number of aliphatic imine (C=N–C) groups is 1. The molecule has 23 heavy (non-hydrogen) atoms. The number of carbonyl (C=O) groups is 1. The molecule has 6 heteroatoms. The number of rotatable bonds is 3. The molecule has 122 valence electrons. The van der Waals surface area contributed by atoms with Gasteiger partial charge in [-0.15, -0.1) is 0 Å². The van der Waals surface area contributed by atoms with Crippen molar-refractivity contribution < 1.29 is 14.8 Å². The molecule has 0 atom stereocenters. The van der Waals surface area contributed by atoms with Crippen LogP contribution in [0.1, 0.15) is 11.1 Å². The lowest BCUT2D eigenvalue weighted by Crippen LogP contribution is -3.15. The number of piperazine rings is 1. The summed E-state index contributed by atoms with van der Waals surface area (Å²) >= 11 is 1.47. The van der Waals surface area contributed by atoms with Crippen LogP contribution >= 0.6 is 11.8 Å². The van der Waals surface area contributed by atoms with Crippen molar-refractivity contribution in [3.63, 3.8) is 0 Å².